The molecule has 0 unspecified atom stereocenters. The summed E-state index contributed by atoms with van der Waals surface area (Å²) in [7, 11) is 0. The molecular formula is C15H17NO. The highest BCUT2D eigenvalue weighted by Crippen LogP contribution is 2.26. The summed E-state index contributed by atoms with van der Waals surface area (Å²) in [6.45, 7) is 4.13. The average molecular weight is 227 g/mol. The summed E-state index contributed by atoms with van der Waals surface area (Å²) < 4.78 is 5.85. The van der Waals surface area contributed by atoms with Gasteiger partial charge in [0, 0.05) is 5.69 Å². The van der Waals surface area contributed by atoms with Gasteiger partial charge in [0.1, 0.15) is 11.5 Å². The van der Waals surface area contributed by atoms with E-state index in [2.05, 4.69) is 19.1 Å². The van der Waals surface area contributed by atoms with Crippen LogP contribution in [0.25, 0.3) is 0 Å². The molecule has 0 heterocycles. The first-order valence-electron chi connectivity index (χ1n) is 5.82. The number of anilines is 1. The fraction of sp³-hybridized carbons (Fsp3) is 0.200. The lowest BCUT2D eigenvalue weighted by atomic mass is 10.1. The summed E-state index contributed by atoms with van der Waals surface area (Å²) in [4.78, 5) is 0. The number of hydrogen-bond donors (Lipinski definition) is 1. The van der Waals surface area contributed by atoms with Gasteiger partial charge >= 0.3 is 0 Å². The van der Waals surface area contributed by atoms with Crippen LogP contribution in [0.15, 0.2) is 42.5 Å². The molecule has 0 aliphatic carbocycles. The van der Waals surface area contributed by atoms with Gasteiger partial charge in [0.15, 0.2) is 0 Å². The average Bonchev–Trinajstić information content (AvgIpc) is 2.33. The van der Waals surface area contributed by atoms with Crippen LogP contribution in [-0.2, 0) is 6.42 Å². The molecule has 0 bridgehead atoms. The Morgan fingerprint density at radius 2 is 1.94 bits per heavy atom. The summed E-state index contributed by atoms with van der Waals surface area (Å²) in [5.41, 5.74) is 8.79. The predicted octanol–water partition coefficient (Wildman–Crippen LogP) is 3.93. The number of rotatable bonds is 3. The van der Waals surface area contributed by atoms with Crippen LogP contribution in [-0.4, -0.2) is 0 Å². The van der Waals surface area contributed by atoms with Gasteiger partial charge in [0.25, 0.3) is 0 Å². The van der Waals surface area contributed by atoms with Gasteiger partial charge in [-0.1, -0.05) is 19.1 Å². The van der Waals surface area contributed by atoms with Crippen LogP contribution in [0, 0.1) is 6.92 Å². The number of ether oxygens (including phenoxy) is 1. The van der Waals surface area contributed by atoms with Crippen molar-refractivity contribution in [1.29, 1.82) is 0 Å². The molecule has 2 rings (SSSR count). The zero-order valence-electron chi connectivity index (χ0n) is 10.2. The normalized spacial score (nSPS) is 10.2. The maximum absolute atomic E-state index is 5.85. The molecule has 0 aliphatic rings. The number of nitrogens with two attached hydrogens (primary N) is 1. The molecule has 2 heteroatoms. The van der Waals surface area contributed by atoms with Gasteiger partial charge in [-0.25, -0.2) is 0 Å². The van der Waals surface area contributed by atoms with Gasteiger partial charge in [0.05, 0.1) is 0 Å². The Morgan fingerprint density at radius 3 is 2.65 bits per heavy atom. The molecule has 2 nitrogen and oxygen atoms in total. The van der Waals surface area contributed by atoms with E-state index in [0.717, 1.165) is 29.2 Å². The maximum Gasteiger partial charge on any atom is 0.130 e. The lowest BCUT2D eigenvalue weighted by Gasteiger charge is -2.10. The monoisotopic (exact) mass is 227 g/mol. The first-order chi connectivity index (χ1) is 8.19. The van der Waals surface area contributed by atoms with E-state index in [1.165, 1.54) is 5.56 Å². The minimum absolute atomic E-state index is 0.761. The highest BCUT2D eigenvalue weighted by molar-refractivity contribution is 5.48. The molecule has 0 saturated carbocycles. The minimum Gasteiger partial charge on any atom is -0.457 e. The Labute approximate surface area is 102 Å². The van der Waals surface area contributed by atoms with Gasteiger partial charge in [-0.2, -0.15) is 0 Å². The second-order valence-electron chi connectivity index (χ2n) is 4.13. The van der Waals surface area contributed by atoms with Gasteiger partial charge in [-0.15, -0.1) is 0 Å². The summed E-state index contributed by atoms with van der Waals surface area (Å²) in [5.74, 6) is 1.73. The fourth-order valence-corrected chi connectivity index (χ4v) is 1.74. The Balaban J connectivity index is 2.25. The summed E-state index contributed by atoms with van der Waals surface area (Å²) in [6, 6.07) is 13.8. The van der Waals surface area contributed by atoms with Crippen LogP contribution in [0.5, 0.6) is 11.5 Å². The van der Waals surface area contributed by atoms with E-state index < -0.39 is 0 Å². The molecule has 2 N–H and O–H groups in total. The molecule has 0 fully saturated rings. The molecule has 0 atom stereocenters. The van der Waals surface area contributed by atoms with Crippen LogP contribution in [0.1, 0.15) is 18.1 Å². The third-order valence-electron chi connectivity index (χ3n) is 2.73. The van der Waals surface area contributed by atoms with E-state index in [9.17, 15) is 0 Å². The topological polar surface area (TPSA) is 35.2 Å². The SMILES string of the molecule is CCc1cccc(Oc2ccc(N)cc2C)c1. The van der Waals surface area contributed by atoms with E-state index >= 15 is 0 Å². The van der Waals surface area contributed by atoms with Gasteiger partial charge in [-0.3, -0.25) is 0 Å². The van der Waals surface area contributed by atoms with Gasteiger partial charge in [0.2, 0.25) is 0 Å². The molecule has 0 amide bonds. The standard InChI is InChI=1S/C15H17NO/c1-3-12-5-4-6-14(10-12)17-15-8-7-13(16)9-11(15)2/h4-10H,3,16H2,1-2H3. The molecule has 0 radical (unpaired) electrons. The molecular weight excluding hydrogens is 210 g/mol. The summed E-state index contributed by atoms with van der Waals surface area (Å²) in [6.07, 6.45) is 1.01. The van der Waals surface area contributed by atoms with Crippen molar-refractivity contribution in [1.82, 2.24) is 0 Å². The quantitative estimate of drug-likeness (QED) is 0.806. The Bertz CT molecular complexity index is 520. The lowest BCUT2D eigenvalue weighted by Crippen LogP contribution is -1.91. The Hall–Kier alpha value is -1.96. The van der Waals surface area contributed by atoms with Crippen LogP contribution in [0.4, 0.5) is 5.69 Å². The molecule has 0 aromatic heterocycles. The van der Waals surface area contributed by atoms with Crippen LogP contribution >= 0.6 is 0 Å². The minimum atomic E-state index is 0.761. The third-order valence-corrected chi connectivity index (χ3v) is 2.73. The highest BCUT2D eigenvalue weighted by Gasteiger charge is 2.02. The second-order valence-corrected chi connectivity index (χ2v) is 4.13. The lowest BCUT2D eigenvalue weighted by molar-refractivity contribution is 0.478. The van der Waals surface area contributed by atoms with E-state index in [0.29, 0.717) is 0 Å². The Kier molecular flexibility index (Phi) is 3.33. The van der Waals surface area contributed by atoms with Crippen molar-refractivity contribution < 1.29 is 4.74 Å². The van der Waals surface area contributed by atoms with Crippen molar-refractivity contribution in [2.24, 2.45) is 0 Å². The molecule has 17 heavy (non-hydrogen) atoms. The number of aryl methyl sites for hydroxylation is 2. The maximum atomic E-state index is 5.85. The molecule has 2 aromatic carbocycles. The number of hydrogen-bond acceptors (Lipinski definition) is 2. The van der Waals surface area contributed by atoms with Crippen molar-refractivity contribution in [3.63, 3.8) is 0 Å². The zero-order valence-corrected chi connectivity index (χ0v) is 10.2. The number of benzene rings is 2. The number of nitrogen functional groups attached to an aromatic ring is 1. The first kappa shape index (κ1) is 11.5. The van der Waals surface area contributed by atoms with Gasteiger partial charge < -0.3 is 10.5 Å². The van der Waals surface area contributed by atoms with Crippen molar-refractivity contribution in [3.05, 3.63) is 53.6 Å². The molecule has 2 aromatic rings. The van der Waals surface area contributed by atoms with E-state index in [1.54, 1.807) is 0 Å². The third kappa shape index (κ3) is 2.78. The van der Waals surface area contributed by atoms with Crippen molar-refractivity contribution in [2.45, 2.75) is 20.3 Å². The van der Waals surface area contributed by atoms with Crippen molar-refractivity contribution >= 4 is 5.69 Å². The summed E-state index contributed by atoms with van der Waals surface area (Å²) >= 11 is 0. The second kappa shape index (κ2) is 4.91. The van der Waals surface area contributed by atoms with Crippen molar-refractivity contribution in [3.8, 4) is 11.5 Å². The molecule has 0 spiro atoms. The largest absolute Gasteiger partial charge is 0.457 e. The Morgan fingerprint density at radius 1 is 1.12 bits per heavy atom. The predicted molar refractivity (Wildman–Crippen MR) is 71.5 cm³/mol. The summed E-state index contributed by atoms with van der Waals surface area (Å²) in [5, 5.41) is 0. The highest BCUT2D eigenvalue weighted by atomic mass is 16.5. The molecule has 88 valence electrons. The van der Waals surface area contributed by atoms with E-state index in [1.807, 2.05) is 37.3 Å². The smallest absolute Gasteiger partial charge is 0.130 e. The fourth-order valence-electron chi connectivity index (χ4n) is 1.74. The first-order valence-corrected chi connectivity index (χ1v) is 5.82. The van der Waals surface area contributed by atoms with E-state index in [-0.39, 0.29) is 0 Å². The van der Waals surface area contributed by atoms with Crippen molar-refractivity contribution in [2.75, 3.05) is 5.73 Å². The molecule has 0 aliphatic heterocycles. The molecule has 0 saturated heterocycles. The van der Waals surface area contributed by atoms with Crippen LogP contribution < -0.4 is 10.5 Å². The van der Waals surface area contributed by atoms with E-state index in [4.69, 9.17) is 10.5 Å². The zero-order chi connectivity index (χ0) is 12.3. The van der Waals surface area contributed by atoms with Crippen LogP contribution in [0.3, 0.4) is 0 Å². The van der Waals surface area contributed by atoms with Gasteiger partial charge in [-0.05, 0) is 54.8 Å². The van der Waals surface area contributed by atoms with Crippen LogP contribution in [0.2, 0.25) is 0 Å².